The van der Waals surface area contributed by atoms with Crippen LogP contribution >= 0.6 is 0 Å². The smallest absolute Gasteiger partial charge is 0.410 e. The Balaban J connectivity index is 1.55. The van der Waals surface area contributed by atoms with Gasteiger partial charge in [0.25, 0.3) is 5.91 Å². The second kappa shape index (κ2) is 8.06. The van der Waals surface area contributed by atoms with Crippen molar-refractivity contribution in [1.29, 1.82) is 0 Å². The van der Waals surface area contributed by atoms with E-state index in [1.165, 1.54) is 0 Å². The lowest BCUT2D eigenvalue weighted by atomic mass is 9.98. The van der Waals surface area contributed by atoms with Crippen LogP contribution in [-0.4, -0.2) is 55.3 Å². The molecular weight excluding hydrogens is 348 g/mol. The molecule has 3 rings (SSSR count). The van der Waals surface area contributed by atoms with E-state index < -0.39 is 5.60 Å². The van der Waals surface area contributed by atoms with Crippen molar-refractivity contribution >= 4 is 12.0 Å². The zero-order valence-corrected chi connectivity index (χ0v) is 16.2. The summed E-state index contributed by atoms with van der Waals surface area (Å²) >= 11 is 0. The number of fused-ring (bicyclic) bond motifs is 1. The molecule has 0 spiro atoms. The number of hydrogen-bond donors (Lipinski definition) is 1. The Morgan fingerprint density at radius 1 is 1.26 bits per heavy atom. The molecule has 7 nitrogen and oxygen atoms in total. The van der Waals surface area contributed by atoms with Crippen LogP contribution in [0.25, 0.3) is 0 Å². The first-order chi connectivity index (χ1) is 12.8. The van der Waals surface area contributed by atoms with Gasteiger partial charge in [-0.05, 0) is 51.7 Å². The summed E-state index contributed by atoms with van der Waals surface area (Å²) in [5.41, 5.74) is -0.0285. The van der Waals surface area contributed by atoms with Crippen LogP contribution in [0.3, 0.4) is 0 Å². The average Bonchev–Trinajstić information content (AvgIpc) is 2.64. The van der Waals surface area contributed by atoms with Crippen LogP contribution in [0.2, 0.25) is 0 Å². The maximum atomic E-state index is 12.6. The lowest BCUT2D eigenvalue weighted by molar-refractivity contribution is 0.0167. The standard InChI is InChI=1S/C20H28N2O5/c1-20(2,3)27-19(24)22-9-5-6-14(13-22)12-21-18(23)15-7-4-8-16-17(15)26-11-10-25-16/h4,7-8,14H,5-6,9-13H2,1-3H3,(H,21,23)/t14-/m0/s1. The molecule has 0 unspecified atom stereocenters. The second-order valence-electron chi connectivity index (χ2n) is 7.97. The fourth-order valence-electron chi connectivity index (χ4n) is 3.31. The largest absolute Gasteiger partial charge is 0.486 e. The van der Waals surface area contributed by atoms with Crippen LogP contribution in [0.4, 0.5) is 4.79 Å². The number of carbonyl (C=O) groups excluding carboxylic acids is 2. The van der Waals surface area contributed by atoms with Crippen molar-refractivity contribution in [2.45, 2.75) is 39.2 Å². The number of piperidine rings is 1. The van der Waals surface area contributed by atoms with Crippen molar-refractivity contribution in [3.8, 4) is 11.5 Å². The minimum atomic E-state index is -0.507. The van der Waals surface area contributed by atoms with E-state index in [2.05, 4.69) is 5.32 Å². The van der Waals surface area contributed by atoms with Gasteiger partial charge in [0.05, 0.1) is 5.56 Å². The van der Waals surface area contributed by atoms with Gasteiger partial charge in [0, 0.05) is 19.6 Å². The van der Waals surface area contributed by atoms with Crippen molar-refractivity contribution in [1.82, 2.24) is 10.2 Å². The molecule has 2 amide bonds. The third-order valence-electron chi connectivity index (χ3n) is 4.53. The van der Waals surface area contributed by atoms with E-state index in [1.807, 2.05) is 20.8 Å². The van der Waals surface area contributed by atoms with Crippen LogP contribution in [0.1, 0.15) is 44.0 Å². The zero-order valence-electron chi connectivity index (χ0n) is 16.2. The first-order valence-electron chi connectivity index (χ1n) is 9.48. The van der Waals surface area contributed by atoms with Crippen molar-refractivity contribution in [3.05, 3.63) is 23.8 Å². The normalized spacial score (nSPS) is 19.4. The first kappa shape index (κ1) is 19.3. The maximum Gasteiger partial charge on any atom is 0.410 e. The minimum absolute atomic E-state index is 0.188. The van der Waals surface area contributed by atoms with Gasteiger partial charge in [0.15, 0.2) is 11.5 Å². The number of para-hydroxylation sites is 1. The number of amides is 2. The van der Waals surface area contributed by atoms with Crippen molar-refractivity contribution in [3.63, 3.8) is 0 Å². The van der Waals surface area contributed by atoms with Crippen LogP contribution in [0.15, 0.2) is 18.2 Å². The predicted octanol–water partition coefficient (Wildman–Crippen LogP) is 2.83. The van der Waals surface area contributed by atoms with Crippen LogP contribution in [0, 0.1) is 5.92 Å². The molecule has 1 aromatic rings. The highest BCUT2D eigenvalue weighted by Crippen LogP contribution is 2.33. The van der Waals surface area contributed by atoms with Gasteiger partial charge in [-0.15, -0.1) is 0 Å². The summed E-state index contributed by atoms with van der Waals surface area (Å²) in [6.45, 7) is 8.28. The highest BCUT2D eigenvalue weighted by Gasteiger charge is 2.28. The molecule has 1 atom stereocenters. The molecule has 0 bridgehead atoms. The Labute approximate surface area is 160 Å². The highest BCUT2D eigenvalue weighted by atomic mass is 16.6. The van der Waals surface area contributed by atoms with E-state index in [9.17, 15) is 9.59 Å². The van der Waals surface area contributed by atoms with Crippen LogP contribution in [0.5, 0.6) is 11.5 Å². The van der Waals surface area contributed by atoms with Crippen molar-refractivity contribution in [2.75, 3.05) is 32.8 Å². The van der Waals surface area contributed by atoms with Gasteiger partial charge < -0.3 is 24.4 Å². The number of nitrogens with one attached hydrogen (secondary N) is 1. The van der Waals surface area contributed by atoms with E-state index in [1.54, 1.807) is 23.1 Å². The molecule has 0 aliphatic carbocycles. The fraction of sp³-hybridized carbons (Fsp3) is 0.600. The summed E-state index contributed by atoms with van der Waals surface area (Å²) in [4.78, 5) is 26.6. The Morgan fingerprint density at radius 2 is 2.04 bits per heavy atom. The van der Waals surface area contributed by atoms with E-state index >= 15 is 0 Å². The number of carbonyl (C=O) groups is 2. The summed E-state index contributed by atoms with van der Waals surface area (Å²) in [5.74, 6) is 1.11. The second-order valence-corrected chi connectivity index (χ2v) is 7.97. The number of benzene rings is 1. The molecule has 1 fully saturated rings. The quantitative estimate of drug-likeness (QED) is 0.878. The molecule has 7 heteroatoms. The summed E-state index contributed by atoms with van der Waals surface area (Å²) in [6, 6.07) is 5.31. The third-order valence-corrected chi connectivity index (χ3v) is 4.53. The van der Waals surface area contributed by atoms with E-state index in [0.717, 1.165) is 12.8 Å². The maximum absolute atomic E-state index is 12.6. The number of hydrogen-bond acceptors (Lipinski definition) is 5. The summed E-state index contributed by atoms with van der Waals surface area (Å²) in [6.07, 6.45) is 1.57. The molecular formula is C20H28N2O5. The lowest BCUT2D eigenvalue weighted by Crippen LogP contribution is -2.45. The van der Waals surface area contributed by atoms with Gasteiger partial charge in [0.2, 0.25) is 0 Å². The average molecular weight is 376 g/mol. The molecule has 0 aromatic heterocycles. The molecule has 2 heterocycles. The zero-order chi connectivity index (χ0) is 19.4. The Kier molecular flexibility index (Phi) is 5.77. The van der Waals surface area contributed by atoms with Crippen LogP contribution in [-0.2, 0) is 4.74 Å². The first-order valence-corrected chi connectivity index (χ1v) is 9.48. The molecule has 1 saturated heterocycles. The summed E-state index contributed by atoms with van der Waals surface area (Å²) in [7, 11) is 0. The molecule has 1 aromatic carbocycles. The van der Waals surface area contributed by atoms with E-state index in [0.29, 0.717) is 49.9 Å². The SMILES string of the molecule is CC(C)(C)OC(=O)N1CCC[C@@H](CNC(=O)c2cccc3c2OCCO3)C1. The molecule has 148 valence electrons. The van der Waals surface area contributed by atoms with Gasteiger partial charge in [-0.3, -0.25) is 4.79 Å². The van der Waals surface area contributed by atoms with Gasteiger partial charge in [-0.2, -0.15) is 0 Å². The predicted molar refractivity (Wildman–Crippen MR) is 100 cm³/mol. The van der Waals surface area contributed by atoms with Gasteiger partial charge >= 0.3 is 6.09 Å². The minimum Gasteiger partial charge on any atom is -0.486 e. The topological polar surface area (TPSA) is 77.1 Å². The number of likely N-dealkylation sites (tertiary alicyclic amines) is 1. The molecule has 2 aliphatic rings. The molecule has 0 radical (unpaired) electrons. The summed E-state index contributed by atoms with van der Waals surface area (Å²) < 4.78 is 16.6. The van der Waals surface area contributed by atoms with Gasteiger partial charge in [-0.25, -0.2) is 4.79 Å². The lowest BCUT2D eigenvalue weighted by Gasteiger charge is -2.34. The number of ether oxygens (including phenoxy) is 3. The molecule has 27 heavy (non-hydrogen) atoms. The van der Waals surface area contributed by atoms with Crippen LogP contribution < -0.4 is 14.8 Å². The van der Waals surface area contributed by atoms with Gasteiger partial charge in [-0.1, -0.05) is 6.07 Å². The number of rotatable bonds is 3. The Morgan fingerprint density at radius 3 is 2.81 bits per heavy atom. The molecule has 0 saturated carbocycles. The highest BCUT2D eigenvalue weighted by molar-refractivity contribution is 5.97. The van der Waals surface area contributed by atoms with Gasteiger partial charge in [0.1, 0.15) is 18.8 Å². The fourth-order valence-corrected chi connectivity index (χ4v) is 3.31. The number of nitrogens with zero attached hydrogens (tertiary/aromatic N) is 1. The Bertz CT molecular complexity index is 698. The van der Waals surface area contributed by atoms with Crippen molar-refractivity contribution in [2.24, 2.45) is 5.92 Å². The third kappa shape index (κ3) is 5.05. The molecule has 2 aliphatic heterocycles. The monoisotopic (exact) mass is 376 g/mol. The summed E-state index contributed by atoms with van der Waals surface area (Å²) in [5, 5.41) is 2.97. The Hall–Kier alpha value is -2.44. The molecule has 1 N–H and O–H groups in total. The van der Waals surface area contributed by atoms with Crippen molar-refractivity contribution < 1.29 is 23.8 Å². The van der Waals surface area contributed by atoms with E-state index in [4.69, 9.17) is 14.2 Å². The van der Waals surface area contributed by atoms with E-state index in [-0.39, 0.29) is 17.9 Å².